The van der Waals surface area contributed by atoms with E-state index >= 15 is 0 Å². The van der Waals surface area contributed by atoms with Crippen molar-refractivity contribution in [2.24, 2.45) is 5.73 Å². The van der Waals surface area contributed by atoms with Gasteiger partial charge in [0.25, 0.3) is 0 Å². The van der Waals surface area contributed by atoms with Gasteiger partial charge in [-0.25, -0.2) is 0 Å². The molecule has 1 aromatic carbocycles. The summed E-state index contributed by atoms with van der Waals surface area (Å²) in [6.45, 7) is 3.72. The van der Waals surface area contributed by atoms with Crippen molar-refractivity contribution >= 4 is 10.9 Å². The van der Waals surface area contributed by atoms with E-state index in [0.717, 1.165) is 13.0 Å². The Morgan fingerprint density at radius 2 is 2.29 bits per heavy atom. The van der Waals surface area contributed by atoms with Crippen molar-refractivity contribution in [3.63, 3.8) is 0 Å². The fraction of sp³-hybridized carbons (Fsp3) is 0.364. The highest BCUT2D eigenvalue weighted by Crippen LogP contribution is 2.15. The Labute approximate surface area is 83.5 Å². The van der Waals surface area contributed by atoms with E-state index in [4.69, 9.17) is 5.73 Å². The maximum atomic E-state index is 5.52. The number of aryl methyl sites for hydroxylation is 1. The monoisotopic (exact) mass is 189 g/mol. The van der Waals surface area contributed by atoms with Crippen molar-refractivity contribution in [2.45, 2.75) is 19.9 Å². The number of rotatable bonds is 3. The van der Waals surface area contributed by atoms with E-state index in [2.05, 4.69) is 30.2 Å². The molecule has 0 fully saturated rings. The summed E-state index contributed by atoms with van der Waals surface area (Å²) in [6, 6.07) is 6.42. The van der Waals surface area contributed by atoms with Crippen LogP contribution < -0.4 is 5.73 Å². The first-order valence-corrected chi connectivity index (χ1v) is 4.99. The molecule has 0 saturated heterocycles. The molecule has 2 N–H and O–H groups in total. The maximum Gasteiger partial charge on any atom is 0.0682 e. The lowest BCUT2D eigenvalue weighted by Gasteiger charge is -2.00. The fourth-order valence-electron chi connectivity index (χ4n) is 1.71. The van der Waals surface area contributed by atoms with Gasteiger partial charge < -0.3 is 5.73 Å². The summed E-state index contributed by atoms with van der Waals surface area (Å²) in [6.07, 6.45) is 2.85. The molecule has 74 valence electrons. The molecule has 3 heteroatoms. The molecule has 0 amide bonds. The first kappa shape index (κ1) is 9.21. The zero-order valence-corrected chi connectivity index (χ0v) is 8.40. The van der Waals surface area contributed by atoms with Crippen LogP contribution in [0, 0.1) is 0 Å². The summed E-state index contributed by atoms with van der Waals surface area (Å²) >= 11 is 0. The van der Waals surface area contributed by atoms with Gasteiger partial charge in [0, 0.05) is 11.9 Å². The summed E-state index contributed by atoms with van der Waals surface area (Å²) in [5, 5.41) is 5.51. The van der Waals surface area contributed by atoms with E-state index in [9.17, 15) is 0 Å². The van der Waals surface area contributed by atoms with Crippen LogP contribution >= 0.6 is 0 Å². The molecule has 0 aliphatic carbocycles. The van der Waals surface area contributed by atoms with E-state index in [-0.39, 0.29) is 0 Å². The number of hydrogen-bond donors (Lipinski definition) is 1. The zero-order valence-electron chi connectivity index (χ0n) is 8.40. The Bertz CT molecular complexity index is 431. The molecule has 0 aliphatic heterocycles. The summed E-state index contributed by atoms with van der Waals surface area (Å²) in [7, 11) is 0. The third kappa shape index (κ3) is 1.51. The Morgan fingerprint density at radius 3 is 3.00 bits per heavy atom. The van der Waals surface area contributed by atoms with Crippen LogP contribution in [0.25, 0.3) is 10.9 Å². The minimum atomic E-state index is 0.702. The van der Waals surface area contributed by atoms with Crippen molar-refractivity contribution in [1.29, 1.82) is 0 Å². The fourth-order valence-corrected chi connectivity index (χ4v) is 1.71. The summed E-state index contributed by atoms with van der Waals surface area (Å²) in [5.74, 6) is 0. The van der Waals surface area contributed by atoms with Crippen LogP contribution in [0.2, 0.25) is 0 Å². The third-order valence-corrected chi connectivity index (χ3v) is 2.44. The van der Waals surface area contributed by atoms with E-state index < -0.39 is 0 Å². The average molecular weight is 189 g/mol. The highest BCUT2D eigenvalue weighted by molar-refractivity contribution is 5.79. The van der Waals surface area contributed by atoms with Crippen LogP contribution in [0.4, 0.5) is 0 Å². The molecular weight excluding hydrogens is 174 g/mol. The van der Waals surface area contributed by atoms with E-state index in [0.29, 0.717) is 6.54 Å². The Balaban J connectivity index is 2.46. The molecule has 0 aliphatic rings. The van der Waals surface area contributed by atoms with Gasteiger partial charge in [-0.2, -0.15) is 5.10 Å². The lowest BCUT2D eigenvalue weighted by molar-refractivity contribution is 0.684. The smallest absolute Gasteiger partial charge is 0.0682 e. The third-order valence-electron chi connectivity index (χ3n) is 2.44. The molecule has 0 unspecified atom stereocenters. The lowest BCUT2D eigenvalue weighted by Crippen LogP contribution is -2.02. The van der Waals surface area contributed by atoms with Crippen molar-refractivity contribution < 1.29 is 0 Å². The Kier molecular flexibility index (Phi) is 2.50. The SMILES string of the molecule is CCn1ncc2cc(CCN)ccc21. The summed E-state index contributed by atoms with van der Waals surface area (Å²) in [5.41, 5.74) is 8.00. The van der Waals surface area contributed by atoms with Gasteiger partial charge in [-0.15, -0.1) is 0 Å². The number of hydrogen-bond acceptors (Lipinski definition) is 2. The largest absolute Gasteiger partial charge is 0.330 e. The summed E-state index contributed by atoms with van der Waals surface area (Å²) in [4.78, 5) is 0. The van der Waals surface area contributed by atoms with Crippen molar-refractivity contribution in [2.75, 3.05) is 6.54 Å². The first-order chi connectivity index (χ1) is 6.85. The topological polar surface area (TPSA) is 43.8 Å². The van der Waals surface area contributed by atoms with Crippen LogP contribution in [0.1, 0.15) is 12.5 Å². The molecule has 0 radical (unpaired) electrons. The highest BCUT2D eigenvalue weighted by atomic mass is 15.3. The van der Waals surface area contributed by atoms with Crippen LogP contribution in [0.5, 0.6) is 0 Å². The van der Waals surface area contributed by atoms with Gasteiger partial charge in [0.2, 0.25) is 0 Å². The van der Waals surface area contributed by atoms with Crippen LogP contribution in [-0.2, 0) is 13.0 Å². The van der Waals surface area contributed by atoms with E-state index in [1.165, 1.54) is 16.5 Å². The van der Waals surface area contributed by atoms with Crippen LogP contribution in [-0.4, -0.2) is 16.3 Å². The summed E-state index contributed by atoms with van der Waals surface area (Å²) < 4.78 is 2.00. The van der Waals surface area contributed by atoms with Crippen LogP contribution in [0.3, 0.4) is 0 Å². The number of aromatic nitrogens is 2. The molecule has 1 heterocycles. The minimum absolute atomic E-state index is 0.702. The standard InChI is InChI=1S/C11H15N3/c1-2-14-11-4-3-9(5-6-12)7-10(11)8-13-14/h3-4,7-8H,2,5-6,12H2,1H3. The van der Waals surface area contributed by atoms with Gasteiger partial charge in [-0.1, -0.05) is 6.07 Å². The number of fused-ring (bicyclic) bond motifs is 1. The quantitative estimate of drug-likeness (QED) is 0.796. The number of nitrogens with zero attached hydrogens (tertiary/aromatic N) is 2. The van der Waals surface area contributed by atoms with Gasteiger partial charge in [-0.3, -0.25) is 4.68 Å². The minimum Gasteiger partial charge on any atom is -0.330 e. The van der Waals surface area contributed by atoms with Crippen molar-refractivity contribution in [3.05, 3.63) is 30.0 Å². The van der Waals surface area contributed by atoms with Gasteiger partial charge in [0.15, 0.2) is 0 Å². The molecule has 2 aromatic rings. The maximum absolute atomic E-state index is 5.52. The molecule has 0 spiro atoms. The molecular formula is C11H15N3. The molecule has 0 bridgehead atoms. The number of benzene rings is 1. The molecule has 2 rings (SSSR count). The van der Waals surface area contributed by atoms with Gasteiger partial charge >= 0.3 is 0 Å². The van der Waals surface area contributed by atoms with Gasteiger partial charge in [-0.05, 0) is 37.6 Å². The Morgan fingerprint density at radius 1 is 1.43 bits per heavy atom. The second-order valence-corrected chi connectivity index (χ2v) is 3.39. The lowest BCUT2D eigenvalue weighted by atomic mass is 10.1. The van der Waals surface area contributed by atoms with Gasteiger partial charge in [0.1, 0.15) is 0 Å². The Hall–Kier alpha value is -1.35. The van der Waals surface area contributed by atoms with Crippen LogP contribution in [0.15, 0.2) is 24.4 Å². The first-order valence-electron chi connectivity index (χ1n) is 4.99. The van der Waals surface area contributed by atoms with Crippen molar-refractivity contribution in [3.8, 4) is 0 Å². The van der Waals surface area contributed by atoms with Gasteiger partial charge in [0.05, 0.1) is 11.7 Å². The molecule has 0 saturated carbocycles. The molecule has 3 nitrogen and oxygen atoms in total. The van der Waals surface area contributed by atoms with E-state index in [1.54, 1.807) is 0 Å². The number of nitrogens with two attached hydrogens (primary N) is 1. The second-order valence-electron chi connectivity index (χ2n) is 3.39. The molecule has 0 atom stereocenters. The van der Waals surface area contributed by atoms with Crippen molar-refractivity contribution in [1.82, 2.24) is 9.78 Å². The highest BCUT2D eigenvalue weighted by Gasteiger charge is 2.01. The predicted octanol–water partition coefficient (Wildman–Crippen LogP) is 1.56. The molecule has 14 heavy (non-hydrogen) atoms. The normalized spacial score (nSPS) is 11.0. The zero-order chi connectivity index (χ0) is 9.97. The predicted molar refractivity (Wildman–Crippen MR) is 58.2 cm³/mol. The van der Waals surface area contributed by atoms with E-state index in [1.807, 2.05) is 10.9 Å². The second kappa shape index (κ2) is 3.80. The molecule has 1 aromatic heterocycles. The average Bonchev–Trinajstić information content (AvgIpc) is 2.60.